The summed E-state index contributed by atoms with van der Waals surface area (Å²) >= 11 is 0. The predicted molar refractivity (Wildman–Crippen MR) is 123 cm³/mol. The van der Waals surface area contributed by atoms with Gasteiger partial charge in [0.2, 0.25) is 0 Å². The number of methoxy groups -OCH3 is 2. The highest BCUT2D eigenvalue weighted by atomic mass is 16.5. The zero-order valence-corrected chi connectivity index (χ0v) is 18.4. The molecule has 0 unspecified atom stereocenters. The zero-order chi connectivity index (χ0) is 21.2. The first-order chi connectivity index (χ1) is 14.7. The molecule has 0 fully saturated rings. The van der Waals surface area contributed by atoms with E-state index in [2.05, 4.69) is 52.8 Å². The van der Waals surface area contributed by atoms with Crippen molar-refractivity contribution in [3.8, 4) is 11.5 Å². The molecular formula is C24H34N4O2. The molecule has 0 saturated carbocycles. The van der Waals surface area contributed by atoms with E-state index < -0.39 is 0 Å². The van der Waals surface area contributed by atoms with Gasteiger partial charge in [-0.25, -0.2) is 0 Å². The molecule has 2 aromatic rings. The van der Waals surface area contributed by atoms with Crippen LogP contribution in [-0.2, 0) is 19.4 Å². The van der Waals surface area contributed by atoms with Gasteiger partial charge in [0.1, 0.15) is 0 Å². The Bertz CT molecular complexity index is 838. The van der Waals surface area contributed by atoms with Crippen LogP contribution in [0.4, 0.5) is 0 Å². The summed E-state index contributed by atoms with van der Waals surface area (Å²) in [6.07, 6.45) is 2.01. The van der Waals surface area contributed by atoms with Crippen LogP contribution in [0, 0.1) is 0 Å². The van der Waals surface area contributed by atoms with E-state index in [1.54, 1.807) is 14.2 Å². The molecule has 1 heterocycles. The number of hydrogen-bond acceptors (Lipinski definition) is 4. The molecule has 6 nitrogen and oxygen atoms in total. The van der Waals surface area contributed by atoms with Crippen LogP contribution in [0.1, 0.15) is 23.6 Å². The van der Waals surface area contributed by atoms with Gasteiger partial charge in [0.05, 0.1) is 20.8 Å². The molecule has 0 spiro atoms. The van der Waals surface area contributed by atoms with Crippen molar-refractivity contribution in [2.24, 2.45) is 4.99 Å². The van der Waals surface area contributed by atoms with Gasteiger partial charge in [-0.2, -0.15) is 0 Å². The van der Waals surface area contributed by atoms with Gasteiger partial charge in [-0.15, -0.1) is 0 Å². The normalized spacial score (nSPS) is 14.2. The smallest absolute Gasteiger partial charge is 0.191 e. The quantitative estimate of drug-likeness (QED) is 0.492. The highest BCUT2D eigenvalue weighted by Crippen LogP contribution is 2.27. The number of aliphatic imine (C=N–C) groups is 1. The first kappa shape index (κ1) is 22.0. The van der Waals surface area contributed by atoms with Gasteiger partial charge >= 0.3 is 0 Å². The molecular weight excluding hydrogens is 376 g/mol. The van der Waals surface area contributed by atoms with Crippen LogP contribution in [0.3, 0.4) is 0 Å². The van der Waals surface area contributed by atoms with Crippen LogP contribution < -0.4 is 20.1 Å². The van der Waals surface area contributed by atoms with Crippen LogP contribution in [-0.4, -0.2) is 57.8 Å². The van der Waals surface area contributed by atoms with Crippen LogP contribution in [0.5, 0.6) is 11.5 Å². The number of fused-ring (bicyclic) bond motifs is 1. The summed E-state index contributed by atoms with van der Waals surface area (Å²) in [6.45, 7) is 7.63. The van der Waals surface area contributed by atoms with Crippen molar-refractivity contribution >= 4 is 5.96 Å². The van der Waals surface area contributed by atoms with Gasteiger partial charge in [-0.05, 0) is 48.6 Å². The molecule has 2 N–H and O–H groups in total. The van der Waals surface area contributed by atoms with Gasteiger partial charge < -0.3 is 20.1 Å². The van der Waals surface area contributed by atoms with Crippen LogP contribution in [0.15, 0.2) is 47.5 Å². The maximum absolute atomic E-state index is 5.39. The Kier molecular flexibility index (Phi) is 8.39. The number of nitrogens with one attached hydrogen (secondary N) is 2. The molecule has 0 bridgehead atoms. The van der Waals surface area contributed by atoms with E-state index in [9.17, 15) is 0 Å². The predicted octanol–water partition coefficient (Wildman–Crippen LogP) is 2.86. The lowest BCUT2D eigenvalue weighted by Crippen LogP contribution is -2.39. The van der Waals surface area contributed by atoms with Crippen LogP contribution in [0.2, 0.25) is 0 Å². The van der Waals surface area contributed by atoms with Crippen molar-refractivity contribution in [2.45, 2.75) is 26.3 Å². The largest absolute Gasteiger partial charge is 0.493 e. The summed E-state index contributed by atoms with van der Waals surface area (Å²) in [5.41, 5.74) is 4.14. The Morgan fingerprint density at radius 3 is 2.60 bits per heavy atom. The number of guanidine groups is 1. The molecule has 0 atom stereocenters. The van der Waals surface area contributed by atoms with E-state index >= 15 is 0 Å². The second-order valence-corrected chi connectivity index (χ2v) is 7.42. The third-order valence-corrected chi connectivity index (χ3v) is 5.39. The molecule has 0 aliphatic carbocycles. The molecule has 0 radical (unpaired) electrons. The van der Waals surface area contributed by atoms with Gasteiger partial charge in [0.15, 0.2) is 17.5 Å². The Hall–Kier alpha value is -2.73. The molecule has 0 amide bonds. The second-order valence-electron chi connectivity index (χ2n) is 7.42. The molecule has 6 heteroatoms. The molecule has 2 aromatic carbocycles. The first-order valence-corrected chi connectivity index (χ1v) is 10.8. The average molecular weight is 411 g/mol. The van der Waals surface area contributed by atoms with Gasteiger partial charge in [0.25, 0.3) is 0 Å². The Morgan fingerprint density at radius 2 is 1.83 bits per heavy atom. The maximum atomic E-state index is 5.39. The fourth-order valence-electron chi connectivity index (χ4n) is 3.75. The van der Waals surface area contributed by atoms with E-state index in [1.807, 2.05) is 12.1 Å². The molecule has 30 heavy (non-hydrogen) atoms. The summed E-state index contributed by atoms with van der Waals surface area (Å²) in [7, 11) is 3.32. The van der Waals surface area contributed by atoms with E-state index in [4.69, 9.17) is 14.5 Å². The van der Waals surface area contributed by atoms with Gasteiger partial charge in [-0.3, -0.25) is 9.89 Å². The Morgan fingerprint density at radius 1 is 1.03 bits per heavy atom. The van der Waals surface area contributed by atoms with Crippen LogP contribution >= 0.6 is 0 Å². The second kappa shape index (κ2) is 11.5. The van der Waals surface area contributed by atoms with E-state index in [1.165, 1.54) is 16.7 Å². The van der Waals surface area contributed by atoms with Crippen molar-refractivity contribution in [3.63, 3.8) is 0 Å². The van der Waals surface area contributed by atoms with Crippen molar-refractivity contribution in [3.05, 3.63) is 59.2 Å². The van der Waals surface area contributed by atoms with E-state index in [0.29, 0.717) is 0 Å². The van der Waals surface area contributed by atoms with Crippen molar-refractivity contribution < 1.29 is 9.47 Å². The lowest BCUT2D eigenvalue weighted by molar-refractivity contribution is 0.261. The summed E-state index contributed by atoms with van der Waals surface area (Å²) in [6, 6.07) is 14.8. The van der Waals surface area contributed by atoms with E-state index in [-0.39, 0.29) is 0 Å². The highest BCUT2D eigenvalue weighted by molar-refractivity contribution is 5.79. The third-order valence-electron chi connectivity index (χ3n) is 5.39. The molecule has 0 aromatic heterocycles. The lowest BCUT2D eigenvalue weighted by Gasteiger charge is -2.28. The first-order valence-electron chi connectivity index (χ1n) is 10.8. The molecule has 3 rings (SSSR count). The standard InChI is InChI=1S/C24H34N4O2/c1-4-25-24(26-13-11-19-9-10-22(29-2)23(17-19)30-3)27-14-16-28-15-12-20-7-5-6-8-21(20)18-28/h5-10,17H,4,11-16,18H2,1-3H3,(H2,25,26,27). The van der Waals surface area contributed by atoms with Crippen molar-refractivity contribution in [1.82, 2.24) is 15.5 Å². The molecule has 0 saturated heterocycles. The Balaban J connectivity index is 1.47. The van der Waals surface area contributed by atoms with E-state index in [0.717, 1.165) is 69.6 Å². The third kappa shape index (κ3) is 6.13. The number of rotatable bonds is 9. The average Bonchev–Trinajstić information content (AvgIpc) is 2.78. The number of ether oxygens (including phenoxy) is 2. The molecule has 162 valence electrons. The molecule has 1 aliphatic rings. The van der Waals surface area contributed by atoms with Gasteiger partial charge in [0, 0.05) is 32.7 Å². The lowest BCUT2D eigenvalue weighted by atomic mass is 10.0. The summed E-state index contributed by atoms with van der Waals surface area (Å²) in [4.78, 5) is 7.25. The molecule has 1 aliphatic heterocycles. The topological polar surface area (TPSA) is 58.1 Å². The van der Waals surface area contributed by atoms with Crippen molar-refractivity contribution in [1.29, 1.82) is 0 Å². The number of benzene rings is 2. The highest BCUT2D eigenvalue weighted by Gasteiger charge is 2.14. The number of hydrogen-bond donors (Lipinski definition) is 2. The minimum absolute atomic E-state index is 0.754. The minimum atomic E-state index is 0.754. The fourth-order valence-corrected chi connectivity index (χ4v) is 3.75. The zero-order valence-electron chi connectivity index (χ0n) is 18.4. The SMILES string of the molecule is CCNC(=NCCN1CCc2ccccc2C1)NCCc1ccc(OC)c(OC)c1. The van der Waals surface area contributed by atoms with Crippen LogP contribution in [0.25, 0.3) is 0 Å². The number of nitrogens with zero attached hydrogens (tertiary/aromatic N) is 2. The summed E-state index contributed by atoms with van der Waals surface area (Å²) in [5.74, 6) is 2.39. The summed E-state index contributed by atoms with van der Waals surface area (Å²) in [5, 5.41) is 6.78. The fraction of sp³-hybridized carbons (Fsp3) is 0.458. The summed E-state index contributed by atoms with van der Waals surface area (Å²) < 4.78 is 10.7. The van der Waals surface area contributed by atoms with Gasteiger partial charge in [-0.1, -0.05) is 30.3 Å². The minimum Gasteiger partial charge on any atom is -0.493 e. The monoisotopic (exact) mass is 410 g/mol. The van der Waals surface area contributed by atoms with Crippen molar-refractivity contribution in [2.75, 3.05) is 46.9 Å². The Labute approximate surface area is 180 Å². The maximum Gasteiger partial charge on any atom is 0.191 e.